The lowest BCUT2D eigenvalue weighted by molar-refractivity contribution is 0.0929. The van der Waals surface area contributed by atoms with Crippen molar-refractivity contribution in [1.82, 2.24) is 5.32 Å². The van der Waals surface area contributed by atoms with Gasteiger partial charge in [0.1, 0.15) is 0 Å². The number of hydrogen-bond acceptors (Lipinski definition) is 3. The van der Waals surface area contributed by atoms with E-state index in [2.05, 4.69) is 48.3 Å². The molecule has 0 spiro atoms. The fraction of sp³-hybridized carbons (Fsp3) is 0.625. The van der Waals surface area contributed by atoms with E-state index in [1.807, 2.05) is 0 Å². The lowest BCUT2D eigenvalue weighted by Crippen LogP contribution is -2.45. The molecule has 0 radical (unpaired) electrons. The molecule has 0 bridgehead atoms. The number of anilines is 1. The Morgan fingerprint density at radius 2 is 2.16 bits per heavy atom. The molecule has 19 heavy (non-hydrogen) atoms. The van der Waals surface area contributed by atoms with Crippen molar-refractivity contribution >= 4 is 5.69 Å². The summed E-state index contributed by atoms with van der Waals surface area (Å²) in [5.41, 5.74) is 2.78. The van der Waals surface area contributed by atoms with Gasteiger partial charge in [-0.1, -0.05) is 32.0 Å². The van der Waals surface area contributed by atoms with E-state index in [-0.39, 0.29) is 0 Å². The average Bonchev–Trinajstić information content (AvgIpc) is 2.48. The van der Waals surface area contributed by atoms with Gasteiger partial charge in [-0.25, -0.2) is 0 Å². The molecule has 1 saturated heterocycles. The maximum atomic E-state index is 5.61. The predicted octanol–water partition coefficient (Wildman–Crippen LogP) is 2.80. The summed E-state index contributed by atoms with van der Waals surface area (Å²) in [5.74, 6) is 0. The van der Waals surface area contributed by atoms with Crippen molar-refractivity contribution in [2.24, 2.45) is 0 Å². The van der Waals surface area contributed by atoms with Crippen molar-refractivity contribution in [3.63, 3.8) is 0 Å². The number of rotatable bonds is 6. The second-order valence-electron chi connectivity index (χ2n) is 5.14. The average molecular weight is 262 g/mol. The molecule has 3 nitrogen and oxygen atoms in total. The van der Waals surface area contributed by atoms with E-state index in [0.29, 0.717) is 6.04 Å². The number of hydrogen-bond donors (Lipinski definition) is 1. The first-order valence-electron chi connectivity index (χ1n) is 7.49. The van der Waals surface area contributed by atoms with Gasteiger partial charge in [0, 0.05) is 18.8 Å². The molecule has 0 aromatic heterocycles. The lowest BCUT2D eigenvalue weighted by Gasteiger charge is -2.38. The fourth-order valence-electron chi connectivity index (χ4n) is 2.65. The van der Waals surface area contributed by atoms with Crippen LogP contribution in [-0.4, -0.2) is 32.3 Å². The van der Waals surface area contributed by atoms with Crippen LogP contribution >= 0.6 is 0 Å². The van der Waals surface area contributed by atoms with E-state index >= 15 is 0 Å². The van der Waals surface area contributed by atoms with Crippen LogP contribution in [0.3, 0.4) is 0 Å². The van der Waals surface area contributed by atoms with Crippen molar-refractivity contribution in [3.8, 4) is 0 Å². The number of nitrogens with zero attached hydrogens (tertiary/aromatic N) is 1. The predicted molar refractivity (Wildman–Crippen MR) is 80.7 cm³/mol. The first-order valence-corrected chi connectivity index (χ1v) is 7.49. The molecule has 1 aliphatic heterocycles. The highest BCUT2D eigenvalue weighted by atomic mass is 16.5. The van der Waals surface area contributed by atoms with E-state index in [0.717, 1.165) is 39.3 Å². The Labute approximate surface area is 116 Å². The van der Waals surface area contributed by atoms with Gasteiger partial charge in [0.05, 0.1) is 19.3 Å². The molecular formula is C16H26N2O. The normalized spacial score (nSPS) is 19.7. The standard InChI is InChI=1S/C16H26N2O/c1-3-9-17-12-14-7-5-6-8-16(14)18-10-11-19-13-15(18)4-2/h5-8,15,17H,3-4,9-13H2,1-2H3. The first-order chi connectivity index (χ1) is 9.36. The molecule has 1 heterocycles. The molecule has 1 aromatic rings. The van der Waals surface area contributed by atoms with Crippen LogP contribution in [0.25, 0.3) is 0 Å². The number of para-hydroxylation sites is 1. The molecule has 0 saturated carbocycles. The van der Waals surface area contributed by atoms with Gasteiger partial charge in [-0.3, -0.25) is 0 Å². The van der Waals surface area contributed by atoms with Gasteiger partial charge < -0.3 is 15.0 Å². The van der Waals surface area contributed by atoms with Crippen LogP contribution in [0.1, 0.15) is 32.3 Å². The molecule has 0 amide bonds. The van der Waals surface area contributed by atoms with E-state index in [9.17, 15) is 0 Å². The summed E-state index contributed by atoms with van der Waals surface area (Å²) in [4.78, 5) is 2.52. The van der Waals surface area contributed by atoms with Gasteiger partial charge >= 0.3 is 0 Å². The zero-order valence-corrected chi connectivity index (χ0v) is 12.2. The van der Waals surface area contributed by atoms with E-state index < -0.39 is 0 Å². The van der Waals surface area contributed by atoms with Gasteiger partial charge in [-0.15, -0.1) is 0 Å². The Morgan fingerprint density at radius 3 is 2.95 bits per heavy atom. The Morgan fingerprint density at radius 1 is 1.32 bits per heavy atom. The molecule has 1 aliphatic rings. The molecule has 106 valence electrons. The number of nitrogens with one attached hydrogen (secondary N) is 1. The van der Waals surface area contributed by atoms with E-state index in [1.165, 1.54) is 17.7 Å². The zero-order valence-electron chi connectivity index (χ0n) is 12.2. The van der Waals surface area contributed by atoms with Crippen LogP contribution in [0, 0.1) is 0 Å². The molecule has 2 rings (SSSR count). The molecule has 3 heteroatoms. The molecular weight excluding hydrogens is 236 g/mol. The quantitative estimate of drug-likeness (QED) is 0.798. The molecule has 1 atom stereocenters. The highest BCUT2D eigenvalue weighted by Crippen LogP contribution is 2.25. The van der Waals surface area contributed by atoms with Gasteiger partial charge in [0.2, 0.25) is 0 Å². The van der Waals surface area contributed by atoms with Crippen LogP contribution in [0.4, 0.5) is 5.69 Å². The summed E-state index contributed by atoms with van der Waals surface area (Å²) in [7, 11) is 0. The zero-order chi connectivity index (χ0) is 13.5. The van der Waals surface area contributed by atoms with Gasteiger partial charge in [0.25, 0.3) is 0 Å². The third-order valence-electron chi connectivity index (χ3n) is 3.74. The second kappa shape index (κ2) is 7.51. The Bertz CT molecular complexity index is 381. The van der Waals surface area contributed by atoms with Gasteiger partial charge in [0.15, 0.2) is 0 Å². The van der Waals surface area contributed by atoms with Gasteiger partial charge in [-0.2, -0.15) is 0 Å². The van der Waals surface area contributed by atoms with E-state index in [4.69, 9.17) is 4.74 Å². The van der Waals surface area contributed by atoms with Gasteiger partial charge in [-0.05, 0) is 31.0 Å². The van der Waals surface area contributed by atoms with E-state index in [1.54, 1.807) is 0 Å². The van der Waals surface area contributed by atoms with Crippen LogP contribution in [0.5, 0.6) is 0 Å². The smallest absolute Gasteiger partial charge is 0.0670 e. The largest absolute Gasteiger partial charge is 0.377 e. The number of ether oxygens (including phenoxy) is 1. The van der Waals surface area contributed by atoms with Crippen molar-refractivity contribution in [2.75, 3.05) is 31.2 Å². The minimum atomic E-state index is 0.515. The summed E-state index contributed by atoms with van der Waals surface area (Å²) in [5, 5.41) is 3.51. The molecule has 0 aliphatic carbocycles. The maximum Gasteiger partial charge on any atom is 0.0670 e. The Kier molecular flexibility index (Phi) is 5.67. The summed E-state index contributed by atoms with van der Waals surface area (Å²) >= 11 is 0. The second-order valence-corrected chi connectivity index (χ2v) is 5.14. The van der Waals surface area contributed by atoms with Crippen LogP contribution in [0.2, 0.25) is 0 Å². The minimum absolute atomic E-state index is 0.515. The number of morpholine rings is 1. The highest BCUT2D eigenvalue weighted by molar-refractivity contribution is 5.54. The third kappa shape index (κ3) is 3.71. The van der Waals surface area contributed by atoms with Crippen LogP contribution in [-0.2, 0) is 11.3 Å². The van der Waals surface area contributed by atoms with Crippen molar-refractivity contribution in [2.45, 2.75) is 39.3 Å². The third-order valence-corrected chi connectivity index (χ3v) is 3.74. The summed E-state index contributed by atoms with van der Waals surface area (Å²) in [6.45, 7) is 9.18. The summed E-state index contributed by atoms with van der Waals surface area (Å²) in [6, 6.07) is 9.27. The highest BCUT2D eigenvalue weighted by Gasteiger charge is 2.23. The monoisotopic (exact) mass is 262 g/mol. The first kappa shape index (κ1) is 14.4. The van der Waals surface area contributed by atoms with Crippen molar-refractivity contribution < 1.29 is 4.74 Å². The summed E-state index contributed by atoms with van der Waals surface area (Å²) < 4.78 is 5.61. The van der Waals surface area contributed by atoms with Crippen LogP contribution in [0.15, 0.2) is 24.3 Å². The molecule has 1 N–H and O–H groups in total. The SMILES string of the molecule is CCCNCc1ccccc1N1CCOCC1CC. The van der Waals surface area contributed by atoms with Crippen LogP contribution < -0.4 is 10.2 Å². The Balaban J connectivity index is 2.12. The topological polar surface area (TPSA) is 24.5 Å². The van der Waals surface area contributed by atoms with Crippen molar-refractivity contribution in [3.05, 3.63) is 29.8 Å². The Hall–Kier alpha value is -1.06. The minimum Gasteiger partial charge on any atom is -0.377 e. The van der Waals surface area contributed by atoms with Crippen molar-refractivity contribution in [1.29, 1.82) is 0 Å². The summed E-state index contributed by atoms with van der Waals surface area (Å²) in [6.07, 6.45) is 2.31. The molecule has 1 unspecified atom stereocenters. The maximum absolute atomic E-state index is 5.61. The fourth-order valence-corrected chi connectivity index (χ4v) is 2.65. The lowest BCUT2D eigenvalue weighted by atomic mass is 10.1. The molecule has 1 fully saturated rings. The molecule has 1 aromatic carbocycles. The number of benzene rings is 1.